The molecule has 92 valence electrons. The lowest BCUT2D eigenvalue weighted by atomic mass is 9.99. The van der Waals surface area contributed by atoms with Crippen molar-refractivity contribution in [2.24, 2.45) is 0 Å². The first kappa shape index (κ1) is 12.4. The maximum atomic E-state index is 9.13. The molecule has 0 aromatic carbocycles. The SMILES string of the molecule is O/C=C\P(C1CCCCC1)C1CCCCC1. The molecule has 0 saturated heterocycles. The molecular formula is C14H25OP. The Morgan fingerprint density at radius 2 is 1.19 bits per heavy atom. The van der Waals surface area contributed by atoms with E-state index >= 15 is 0 Å². The predicted octanol–water partition coefficient (Wildman–Crippen LogP) is 5.16. The molecule has 0 radical (unpaired) electrons. The molecule has 2 fully saturated rings. The predicted molar refractivity (Wildman–Crippen MR) is 72.4 cm³/mol. The Morgan fingerprint density at radius 3 is 1.56 bits per heavy atom. The van der Waals surface area contributed by atoms with E-state index in [2.05, 4.69) is 5.82 Å². The third-order valence-electron chi connectivity index (χ3n) is 4.23. The van der Waals surface area contributed by atoms with E-state index in [1.165, 1.54) is 70.5 Å². The van der Waals surface area contributed by atoms with Gasteiger partial charge in [-0.2, -0.15) is 0 Å². The fourth-order valence-electron chi connectivity index (χ4n) is 3.38. The van der Waals surface area contributed by atoms with Gasteiger partial charge >= 0.3 is 0 Å². The minimum Gasteiger partial charge on any atom is -0.516 e. The van der Waals surface area contributed by atoms with Gasteiger partial charge in [0.2, 0.25) is 0 Å². The lowest BCUT2D eigenvalue weighted by Crippen LogP contribution is -2.19. The first-order valence-corrected chi connectivity index (χ1v) is 8.55. The second kappa shape index (κ2) is 6.64. The van der Waals surface area contributed by atoms with E-state index < -0.39 is 0 Å². The van der Waals surface area contributed by atoms with E-state index in [9.17, 15) is 0 Å². The molecule has 0 aromatic heterocycles. The summed E-state index contributed by atoms with van der Waals surface area (Å²) in [6.07, 6.45) is 15.6. The maximum absolute atomic E-state index is 9.13. The third-order valence-corrected chi connectivity index (χ3v) is 7.43. The zero-order valence-corrected chi connectivity index (χ0v) is 11.2. The van der Waals surface area contributed by atoms with Crippen LogP contribution in [0.3, 0.4) is 0 Å². The molecule has 0 amide bonds. The number of aliphatic hydroxyl groups is 1. The zero-order chi connectivity index (χ0) is 11.2. The first-order valence-electron chi connectivity index (χ1n) is 7.00. The minimum absolute atomic E-state index is 0.0276. The van der Waals surface area contributed by atoms with Gasteiger partial charge in [-0.3, -0.25) is 0 Å². The van der Waals surface area contributed by atoms with E-state index in [-0.39, 0.29) is 7.92 Å². The van der Waals surface area contributed by atoms with Crippen LogP contribution in [0.25, 0.3) is 0 Å². The molecule has 2 heteroatoms. The largest absolute Gasteiger partial charge is 0.516 e. The van der Waals surface area contributed by atoms with Gasteiger partial charge < -0.3 is 5.11 Å². The third kappa shape index (κ3) is 3.23. The van der Waals surface area contributed by atoms with Gasteiger partial charge in [0.25, 0.3) is 0 Å². The summed E-state index contributed by atoms with van der Waals surface area (Å²) in [7, 11) is -0.0276. The molecule has 0 heterocycles. The van der Waals surface area contributed by atoms with Gasteiger partial charge in [-0.05, 0) is 42.8 Å². The number of hydrogen-bond acceptors (Lipinski definition) is 1. The molecule has 2 aliphatic carbocycles. The van der Waals surface area contributed by atoms with Gasteiger partial charge in [-0.1, -0.05) is 46.4 Å². The summed E-state index contributed by atoms with van der Waals surface area (Å²) < 4.78 is 0. The summed E-state index contributed by atoms with van der Waals surface area (Å²) in [6.45, 7) is 0. The van der Waals surface area contributed by atoms with Crippen LogP contribution in [0.2, 0.25) is 0 Å². The fourth-order valence-corrected chi connectivity index (χ4v) is 6.54. The van der Waals surface area contributed by atoms with Gasteiger partial charge in [-0.25, -0.2) is 0 Å². The molecule has 2 aliphatic rings. The van der Waals surface area contributed by atoms with Gasteiger partial charge in [0.1, 0.15) is 0 Å². The molecule has 0 atom stereocenters. The monoisotopic (exact) mass is 240 g/mol. The van der Waals surface area contributed by atoms with E-state index in [1.807, 2.05) is 0 Å². The van der Waals surface area contributed by atoms with Gasteiger partial charge in [0.15, 0.2) is 0 Å². The molecule has 16 heavy (non-hydrogen) atoms. The quantitative estimate of drug-likeness (QED) is 0.533. The van der Waals surface area contributed by atoms with E-state index in [0.717, 1.165) is 11.3 Å². The van der Waals surface area contributed by atoms with Crippen LogP contribution >= 0.6 is 7.92 Å². The van der Waals surface area contributed by atoms with Crippen LogP contribution in [0.4, 0.5) is 0 Å². The molecule has 0 aromatic rings. The summed E-state index contributed by atoms with van der Waals surface area (Å²) in [5, 5.41) is 9.13. The van der Waals surface area contributed by atoms with Crippen LogP contribution in [-0.4, -0.2) is 16.4 Å². The molecule has 1 N–H and O–H groups in total. The average Bonchev–Trinajstić information content (AvgIpc) is 2.38. The fraction of sp³-hybridized carbons (Fsp3) is 0.857. The number of hydrogen-bond donors (Lipinski definition) is 1. The van der Waals surface area contributed by atoms with Gasteiger partial charge in [0, 0.05) is 0 Å². The molecule has 1 nitrogen and oxygen atoms in total. The van der Waals surface area contributed by atoms with Crippen LogP contribution in [0, 0.1) is 0 Å². The minimum atomic E-state index is -0.0276. The molecular weight excluding hydrogens is 215 g/mol. The zero-order valence-electron chi connectivity index (χ0n) is 10.3. The molecule has 0 aliphatic heterocycles. The van der Waals surface area contributed by atoms with Crippen LogP contribution < -0.4 is 0 Å². The Balaban J connectivity index is 1.96. The summed E-state index contributed by atoms with van der Waals surface area (Å²) >= 11 is 0. The Labute approximate surface area is 101 Å². The van der Waals surface area contributed by atoms with Crippen LogP contribution in [0.5, 0.6) is 0 Å². The highest BCUT2D eigenvalue weighted by Crippen LogP contribution is 2.56. The van der Waals surface area contributed by atoms with Crippen molar-refractivity contribution in [1.29, 1.82) is 0 Å². The lowest BCUT2D eigenvalue weighted by Gasteiger charge is -2.36. The molecule has 0 unspecified atom stereocenters. The maximum Gasteiger partial charge on any atom is 0.0796 e. The summed E-state index contributed by atoms with van der Waals surface area (Å²) in [6, 6.07) is 0. The second-order valence-electron chi connectivity index (χ2n) is 5.33. The number of rotatable bonds is 3. The van der Waals surface area contributed by atoms with Gasteiger partial charge in [-0.15, -0.1) is 0 Å². The Hall–Kier alpha value is -0.0300. The van der Waals surface area contributed by atoms with E-state index in [1.54, 1.807) is 0 Å². The Bertz CT molecular complexity index is 197. The van der Waals surface area contributed by atoms with Crippen molar-refractivity contribution in [3.05, 3.63) is 12.1 Å². The number of aliphatic hydroxyl groups excluding tert-OH is 1. The molecule has 0 spiro atoms. The highest BCUT2D eigenvalue weighted by molar-refractivity contribution is 7.62. The normalized spacial score (nSPS) is 25.6. The van der Waals surface area contributed by atoms with Crippen molar-refractivity contribution in [1.82, 2.24) is 0 Å². The highest BCUT2D eigenvalue weighted by Gasteiger charge is 2.29. The van der Waals surface area contributed by atoms with Crippen molar-refractivity contribution in [3.8, 4) is 0 Å². The van der Waals surface area contributed by atoms with Crippen molar-refractivity contribution < 1.29 is 5.11 Å². The highest BCUT2D eigenvalue weighted by atomic mass is 31.1. The van der Waals surface area contributed by atoms with Crippen LogP contribution in [0.1, 0.15) is 64.2 Å². The van der Waals surface area contributed by atoms with Crippen molar-refractivity contribution >= 4 is 7.92 Å². The van der Waals surface area contributed by atoms with Crippen molar-refractivity contribution in [3.63, 3.8) is 0 Å². The molecule has 2 saturated carbocycles. The summed E-state index contributed by atoms with van der Waals surface area (Å²) in [4.78, 5) is 0. The van der Waals surface area contributed by atoms with Crippen LogP contribution in [0.15, 0.2) is 12.1 Å². The van der Waals surface area contributed by atoms with Gasteiger partial charge in [0.05, 0.1) is 6.26 Å². The summed E-state index contributed by atoms with van der Waals surface area (Å²) in [5.74, 6) is 2.17. The molecule has 2 rings (SSSR count). The lowest BCUT2D eigenvalue weighted by molar-refractivity contribution is 0.471. The molecule has 0 bridgehead atoms. The van der Waals surface area contributed by atoms with Crippen molar-refractivity contribution in [2.45, 2.75) is 75.5 Å². The van der Waals surface area contributed by atoms with E-state index in [0.29, 0.717) is 0 Å². The second-order valence-corrected chi connectivity index (χ2v) is 7.98. The first-order chi connectivity index (χ1) is 7.92. The Kier molecular flexibility index (Phi) is 5.16. The standard InChI is InChI=1S/C14H25OP/c15-11-12-16(13-7-3-1-4-8-13)14-9-5-2-6-10-14/h11-15H,1-10H2/b12-11-. The topological polar surface area (TPSA) is 20.2 Å². The summed E-state index contributed by atoms with van der Waals surface area (Å²) in [5.41, 5.74) is 1.85. The average molecular weight is 240 g/mol. The van der Waals surface area contributed by atoms with E-state index in [4.69, 9.17) is 5.11 Å². The van der Waals surface area contributed by atoms with Crippen LogP contribution in [-0.2, 0) is 0 Å². The van der Waals surface area contributed by atoms with Crippen molar-refractivity contribution in [2.75, 3.05) is 0 Å². The Morgan fingerprint density at radius 1 is 0.750 bits per heavy atom. The smallest absolute Gasteiger partial charge is 0.0796 e.